The van der Waals surface area contributed by atoms with Gasteiger partial charge in [0.25, 0.3) is 0 Å². The Morgan fingerprint density at radius 3 is 2.61 bits per heavy atom. The molecule has 144 valence electrons. The summed E-state index contributed by atoms with van der Waals surface area (Å²) in [4.78, 5) is 30.9. The normalized spacial score (nSPS) is 13.1. The molecule has 0 bridgehead atoms. The molecule has 4 aromatic rings. The minimum atomic E-state index is -4.12. The number of fused-ring (bicyclic) bond motifs is 2. The van der Waals surface area contributed by atoms with Crippen molar-refractivity contribution >= 4 is 37.9 Å². The van der Waals surface area contributed by atoms with Crippen LogP contribution in [0.1, 0.15) is 5.56 Å². The molecule has 0 amide bonds. The Kier molecular flexibility index (Phi) is 4.28. The van der Waals surface area contributed by atoms with Crippen molar-refractivity contribution in [1.82, 2.24) is 19.7 Å². The van der Waals surface area contributed by atoms with Crippen molar-refractivity contribution in [2.24, 2.45) is 0 Å². The van der Waals surface area contributed by atoms with Gasteiger partial charge in [-0.15, -0.1) is 0 Å². The number of hydrogen-bond donors (Lipinski definition) is 5. The van der Waals surface area contributed by atoms with E-state index >= 15 is 0 Å². The lowest BCUT2D eigenvalue weighted by molar-refractivity contribution is -0.138. The number of nitrogens with one attached hydrogen (secondary N) is 4. The number of benzene rings is 2. The summed E-state index contributed by atoms with van der Waals surface area (Å²) in [5.74, 6) is -1.29. The molecule has 0 aliphatic heterocycles. The number of sulfonamides is 1. The zero-order valence-electron chi connectivity index (χ0n) is 14.4. The lowest BCUT2D eigenvalue weighted by atomic mass is 10.1. The second-order valence-corrected chi connectivity index (χ2v) is 8.08. The van der Waals surface area contributed by atoms with Gasteiger partial charge < -0.3 is 20.1 Å². The molecule has 0 radical (unpaired) electrons. The van der Waals surface area contributed by atoms with E-state index in [1.165, 1.54) is 18.2 Å². The topological polar surface area (TPSA) is 148 Å². The Hall–Kier alpha value is -3.37. The van der Waals surface area contributed by atoms with Crippen molar-refractivity contribution in [2.45, 2.75) is 17.4 Å². The number of rotatable bonds is 6. The summed E-state index contributed by atoms with van der Waals surface area (Å²) < 4.78 is 27.7. The van der Waals surface area contributed by atoms with Gasteiger partial charge in [0.1, 0.15) is 6.04 Å². The third kappa shape index (κ3) is 3.30. The molecule has 0 fully saturated rings. The molecule has 1 atom stereocenters. The van der Waals surface area contributed by atoms with Crippen LogP contribution in [0.15, 0.2) is 58.4 Å². The highest BCUT2D eigenvalue weighted by Crippen LogP contribution is 2.20. The Labute approximate surface area is 158 Å². The van der Waals surface area contributed by atoms with E-state index in [4.69, 9.17) is 0 Å². The monoisotopic (exact) mass is 400 g/mol. The summed E-state index contributed by atoms with van der Waals surface area (Å²) in [6.07, 6.45) is 1.65. The predicted molar refractivity (Wildman–Crippen MR) is 103 cm³/mol. The van der Waals surface area contributed by atoms with Crippen LogP contribution in [0, 0.1) is 0 Å². The molecule has 0 aliphatic rings. The van der Waals surface area contributed by atoms with E-state index in [1.807, 2.05) is 24.3 Å². The first kappa shape index (κ1) is 18.0. The zero-order valence-corrected chi connectivity index (χ0v) is 15.2. The Morgan fingerprint density at radius 1 is 1.07 bits per heavy atom. The molecule has 0 saturated carbocycles. The van der Waals surface area contributed by atoms with E-state index in [-0.39, 0.29) is 11.3 Å². The average Bonchev–Trinajstić information content (AvgIpc) is 3.22. The quantitative estimate of drug-likeness (QED) is 0.331. The highest BCUT2D eigenvalue weighted by Gasteiger charge is 2.27. The van der Waals surface area contributed by atoms with Crippen LogP contribution in [0.2, 0.25) is 0 Å². The van der Waals surface area contributed by atoms with E-state index in [1.54, 1.807) is 6.20 Å². The van der Waals surface area contributed by atoms with Gasteiger partial charge in [-0.1, -0.05) is 18.2 Å². The van der Waals surface area contributed by atoms with Crippen molar-refractivity contribution in [3.8, 4) is 0 Å². The van der Waals surface area contributed by atoms with E-state index in [0.717, 1.165) is 10.9 Å². The van der Waals surface area contributed by atoms with Crippen LogP contribution < -0.4 is 10.4 Å². The number of hydrogen-bond acceptors (Lipinski definition) is 4. The second kappa shape index (κ2) is 6.66. The first-order valence-corrected chi connectivity index (χ1v) is 9.84. The third-order valence-corrected chi connectivity index (χ3v) is 5.96. The van der Waals surface area contributed by atoms with Crippen molar-refractivity contribution in [1.29, 1.82) is 0 Å². The van der Waals surface area contributed by atoms with E-state index < -0.39 is 27.7 Å². The van der Waals surface area contributed by atoms with E-state index in [9.17, 15) is 23.1 Å². The van der Waals surface area contributed by atoms with Crippen LogP contribution in [-0.4, -0.2) is 40.5 Å². The Bertz CT molecular complexity index is 1350. The van der Waals surface area contributed by atoms with Gasteiger partial charge in [0.2, 0.25) is 10.0 Å². The van der Waals surface area contributed by atoms with Crippen molar-refractivity contribution in [2.75, 3.05) is 0 Å². The number of aliphatic carboxylic acids is 1. The predicted octanol–water partition coefficient (Wildman–Crippen LogP) is 1.31. The number of aromatic nitrogens is 3. The average molecular weight is 400 g/mol. The number of carbonyl (C=O) groups is 1. The van der Waals surface area contributed by atoms with Crippen LogP contribution in [0.25, 0.3) is 21.9 Å². The van der Waals surface area contributed by atoms with Gasteiger partial charge in [0.05, 0.1) is 15.9 Å². The van der Waals surface area contributed by atoms with Crippen LogP contribution in [0.3, 0.4) is 0 Å². The molecule has 0 aliphatic carbocycles. The second-order valence-electron chi connectivity index (χ2n) is 6.36. The molecular formula is C18H16N4O5S. The summed E-state index contributed by atoms with van der Waals surface area (Å²) in [7, 11) is -4.12. The van der Waals surface area contributed by atoms with Crippen molar-refractivity contribution in [3.63, 3.8) is 0 Å². The maximum Gasteiger partial charge on any atom is 0.323 e. The highest BCUT2D eigenvalue weighted by molar-refractivity contribution is 7.89. The minimum absolute atomic E-state index is 0.0260. The van der Waals surface area contributed by atoms with Gasteiger partial charge in [-0.25, -0.2) is 13.2 Å². The molecule has 9 nitrogen and oxygen atoms in total. The summed E-state index contributed by atoms with van der Waals surface area (Å²) in [6, 6.07) is 10.0. The lowest BCUT2D eigenvalue weighted by Crippen LogP contribution is -2.42. The number of H-pyrrole nitrogens is 3. The number of aromatic amines is 3. The maximum absolute atomic E-state index is 12.7. The van der Waals surface area contributed by atoms with Crippen molar-refractivity contribution < 1.29 is 18.3 Å². The fourth-order valence-electron chi connectivity index (χ4n) is 3.13. The number of para-hydroxylation sites is 1. The first-order chi connectivity index (χ1) is 13.3. The molecule has 2 aromatic heterocycles. The van der Waals surface area contributed by atoms with Crippen molar-refractivity contribution in [3.05, 3.63) is 64.7 Å². The van der Waals surface area contributed by atoms with E-state index in [0.29, 0.717) is 16.6 Å². The first-order valence-electron chi connectivity index (χ1n) is 8.36. The lowest BCUT2D eigenvalue weighted by Gasteiger charge is -2.14. The highest BCUT2D eigenvalue weighted by atomic mass is 32.2. The molecule has 2 aromatic carbocycles. The van der Waals surface area contributed by atoms with Gasteiger partial charge in [0.15, 0.2) is 0 Å². The largest absolute Gasteiger partial charge is 0.480 e. The number of carboxylic acid groups (broad SMARTS) is 1. The molecule has 2 heterocycles. The fourth-order valence-corrected chi connectivity index (χ4v) is 4.35. The Balaban J connectivity index is 1.64. The SMILES string of the molecule is O=C(O)[C@H](Cc1c[nH]c2ccccc12)NS(=O)(=O)c1ccc2[nH]c(=O)[nH]c2c1. The molecule has 28 heavy (non-hydrogen) atoms. The van der Waals surface area contributed by atoms with Gasteiger partial charge in [0, 0.05) is 23.5 Å². The maximum atomic E-state index is 12.7. The number of carboxylic acids is 1. The van der Waals surface area contributed by atoms with Crippen LogP contribution in [0.4, 0.5) is 0 Å². The van der Waals surface area contributed by atoms with Gasteiger partial charge in [-0.05, 0) is 29.8 Å². The summed E-state index contributed by atoms with van der Waals surface area (Å²) in [6.45, 7) is 0. The summed E-state index contributed by atoms with van der Waals surface area (Å²) in [5, 5.41) is 10.4. The number of imidazole rings is 1. The Morgan fingerprint density at radius 2 is 1.82 bits per heavy atom. The van der Waals surface area contributed by atoms with Gasteiger partial charge >= 0.3 is 11.7 Å². The molecule has 0 saturated heterocycles. The van der Waals surface area contributed by atoms with Gasteiger partial charge in [-0.2, -0.15) is 4.72 Å². The standard InChI is InChI=1S/C18H16N4O5S/c23-17(24)16(7-10-9-19-13-4-2-1-3-12(10)13)22-28(26,27)11-5-6-14-15(8-11)21-18(25)20-14/h1-6,8-9,16,19,22H,7H2,(H,23,24)(H2,20,21,25)/t16-/m0/s1. The molecule has 10 heteroatoms. The molecule has 5 N–H and O–H groups in total. The minimum Gasteiger partial charge on any atom is -0.480 e. The third-order valence-electron chi connectivity index (χ3n) is 4.49. The van der Waals surface area contributed by atoms with Crippen LogP contribution >= 0.6 is 0 Å². The molecular weight excluding hydrogens is 384 g/mol. The fraction of sp³-hybridized carbons (Fsp3) is 0.111. The zero-order chi connectivity index (χ0) is 19.9. The smallest absolute Gasteiger partial charge is 0.323 e. The summed E-state index contributed by atoms with van der Waals surface area (Å²) in [5.41, 5.74) is 1.84. The van der Waals surface area contributed by atoms with Gasteiger partial charge in [-0.3, -0.25) is 4.79 Å². The molecule has 0 spiro atoms. The van der Waals surface area contributed by atoms with Crippen LogP contribution in [0.5, 0.6) is 0 Å². The van der Waals surface area contributed by atoms with E-state index in [2.05, 4.69) is 19.7 Å². The van der Waals surface area contributed by atoms with Crippen LogP contribution in [-0.2, 0) is 21.2 Å². The summed E-state index contributed by atoms with van der Waals surface area (Å²) >= 11 is 0. The molecule has 0 unspecified atom stereocenters. The molecule has 4 rings (SSSR count).